The predicted octanol–water partition coefficient (Wildman–Crippen LogP) is -0.930. The number of aliphatic hydroxyl groups excluding tert-OH is 1. The van der Waals surface area contributed by atoms with Crippen LogP contribution >= 0.6 is 0 Å². The van der Waals surface area contributed by atoms with E-state index in [0.717, 1.165) is 12.8 Å². The summed E-state index contributed by atoms with van der Waals surface area (Å²) >= 11 is 0. The van der Waals surface area contributed by atoms with Crippen LogP contribution in [0.25, 0.3) is 0 Å². The van der Waals surface area contributed by atoms with Crippen LogP contribution in [0.3, 0.4) is 0 Å². The molecule has 0 heterocycles. The monoisotopic (exact) mass is 178 g/mol. The summed E-state index contributed by atoms with van der Waals surface area (Å²) in [4.78, 5) is 18.7. The molecule has 0 aromatic carbocycles. The molecule has 4 nitrogen and oxygen atoms in total. The number of rotatable bonds is 5. The summed E-state index contributed by atoms with van der Waals surface area (Å²) in [6.07, 6.45) is 1.83. The third kappa shape index (κ3) is 9.92. The first kappa shape index (κ1) is 13.5. The molecule has 0 aliphatic carbocycles. The third-order valence-electron chi connectivity index (χ3n) is 0.862. The van der Waals surface area contributed by atoms with Crippen LogP contribution in [0.15, 0.2) is 0 Å². The lowest BCUT2D eigenvalue weighted by Crippen LogP contribution is -2.09. The van der Waals surface area contributed by atoms with E-state index in [4.69, 9.17) is 5.11 Å². The topological polar surface area (TPSA) is 55.8 Å². The molecule has 0 amide bonds. The van der Waals surface area contributed by atoms with Crippen molar-refractivity contribution in [1.29, 1.82) is 0 Å². The van der Waals surface area contributed by atoms with E-state index in [1.807, 2.05) is 6.92 Å². The SMILES string of the molecule is CCCCOOC(=O)CO.[AlH3]. The smallest absolute Gasteiger partial charge is 0.367 e. The second-order valence-corrected chi connectivity index (χ2v) is 1.79. The van der Waals surface area contributed by atoms with Crippen LogP contribution in [0.5, 0.6) is 0 Å². The molecule has 1 N–H and O–H groups in total. The minimum atomic E-state index is -0.754. The van der Waals surface area contributed by atoms with Gasteiger partial charge in [-0.25, -0.2) is 4.79 Å². The highest BCUT2D eigenvalue weighted by molar-refractivity contribution is 5.75. The highest BCUT2D eigenvalue weighted by Gasteiger charge is 1.98. The Morgan fingerprint density at radius 1 is 1.55 bits per heavy atom. The highest BCUT2D eigenvalue weighted by Crippen LogP contribution is 1.88. The van der Waals surface area contributed by atoms with E-state index in [-0.39, 0.29) is 17.4 Å². The van der Waals surface area contributed by atoms with Crippen LogP contribution in [-0.2, 0) is 14.6 Å². The van der Waals surface area contributed by atoms with Gasteiger partial charge in [-0.15, -0.1) is 0 Å². The van der Waals surface area contributed by atoms with Gasteiger partial charge in [0.05, 0.1) is 6.61 Å². The number of carbonyl (C=O) groups is 1. The molecule has 66 valence electrons. The molecule has 0 atom stereocenters. The van der Waals surface area contributed by atoms with Crippen molar-refractivity contribution in [2.45, 2.75) is 19.8 Å². The molecule has 0 aromatic heterocycles. The molecule has 11 heavy (non-hydrogen) atoms. The van der Waals surface area contributed by atoms with Crippen molar-refractivity contribution in [3.8, 4) is 0 Å². The zero-order chi connectivity index (χ0) is 7.82. The number of unbranched alkanes of at least 4 members (excludes halogenated alkanes) is 1. The lowest BCUT2D eigenvalue weighted by atomic mass is 10.4. The second kappa shape index (κ2) is 9.92. The van der Waals surface area contributed by atoms with Crippen molar-refractivity contribution >= 4 is 23.3 Å². The Hall–Kier alpha value is -0.0775. The van der Waals surface area contributed by atoms with Crippen LogP contribution in [-0.4, -0.2) is 41.7 Å². The highest BCUT2D eigenvalue weighted by atomic mass is 27.0. The zero-order valence-corrected chi connectivity index (χ0v) is 6.00. The third-order valence-corrected chi connectivity index (χ3v) is 0.862. The summed E-state index contributed by atoms with van der Waals surface area (Å²) in [6.45, 7) is 1.76. The maximum atomic E-state index is 10.2. The predicted molar refractivity (Wildman–Crippen MR) is 44.0 cm³/mol. The molecular formula is C6H15AlO4. The van der Waals surface area contributed by atoms with Gasteiger partial charge < -0.3 is 5.11 Å². The number of aliphatic hydroxyl groups is 1. The molecule has 0 saturated heterocycles. The fraction of sp³-hybridized carbons (Fsp3) is 0.833. The summed E-state index contributed by atoms with van der Waals surface area (Å²) in [5, 5.41) is 8.14. The molecule has 0 rings (SSSR count). The van der Waals surface area contributed by atoms with Crippen LogP contribution < -0.4 is 0 Å². The van der Waals surface area contributed by atoms with E-state index in [2.05, 4.69) is 9.78 Å². The molecule has 0 aromatic rings. The van der Waals surface area contributed by atoms with Gasteiger partial charge >= 0.3 is 5.97 Å². The molecule has 0 aliphatic heterocycles. The maximum absolute atomic E-state index is 10.2. The Kier molecular flexibility index (Phi) is 12.2. The normalized spacial score (nSPS) is 8.55. The Bertz CT molecular complexity index is 96.6. The fourth-order valence-electron chi connectivity index (χ4n) is 0.337. The first-order chi connectivity index (χ1) is 4.81. The van der Waals surface area contributed by atoms with E-state index in [1.165, 1.54) is 0 Å². The summed E-state index contributed by atoms with van der Waals surface area (Å²) in [5.74, 6) is -0.754. The minimum absolute atomic E-state index is 0. The van der Waals surface area contributed by atoms with E-state index >= 15 is 0 Å². The van der Waals surface area contributed by atoms with Gasteiger partial charge in [-0.05, 0) is 6.42 Å². The van der Waals surface area contributed by atoms with E-state index in [0.29, 0.717) is 6.61 Å². The van der Waals surface area contributed by atoms with Crippen LogP contribution in [0, 0.1) is 0 Å². The molecular weight excluding hydrogens is 163 g/mol. The molecule has 0 unspecified atom stereocenters. The van der Waals surface area contributed by atoms with Crippen molar-refractivity contribution in [1.82, 2.24) is 0 Å². The van der Waals surface area contributed by atoms with Gasteiger partial charge in [-0.2, -0.15) is 4.89 Å². The van der Waals surface area contributed by atoms with Crippen LogP contribution in [0.1, 0.15) is 19.8 Å². The maximum Gasteiger partial charge on any atom is 0.367 e. The summed E-state index contributed by atoms with van der Waals surface area (Å²) in [6, 6.07) is 0. The van der Waals surface area contributed by atoms with Crippen molar-refractivity contribution in [3.05, 3.63) is 0 Å². The van der Waals surface area contributed by atoms with Crippen LogP contribution in [0.2, 0.25) is 0 Å². The Morgan fingerprint density at radius 2 is 2.18 bits per heavy atom. The summed E-state index contributed by atoms with van der Waals surface area (Å²) < 4.78 is 0. The molecule has 0 spiro atoms. The summed E-state index contributed by atoms with van der Waals surface area (Å²) in [5.41, 5.74) is 0. The molecule has 5 heteroatoms. The van der Waals surface area contributed by atoms with Crippen molar-refractivity contribution < 1.29 is 19.7 Å². The van der Waals surface area contributed by atoms with Gasteiger partial charge in [0, 0.05) is 0 Å². The Morgan fingerprint density at radius 3 is 2.64 bits per heavy atom. The van der Waals surface area contributed by atoms with Crippen LogP contribution in [0.4, 0.5) is 0 Å². The van der Waals surface area contributed by atoms with Gasteiger partial charge in [0.2, 0.25) is 0 Å². The lowest BCUT2D eigenvalue weighted by molar-refractivity contribution is -0.274. The van der Waals surface area contributed by atoms with E-state index in [9.17, 15) is 4.79 Å². The van der Waals surface area contributed by atoms with E-state index in [1.54, 1.807) is 0 Å². The second-order valence-electron chi connectivity index (χ2n) is 1.79. The molecule has 0 saturated carbocycles. The van der Waals surface area contributed by atoms with Crippen molar-refractivity contribution in [3.63, 3.8) is 0 Å². The van der Waals surface area contributed by atoms with Gasteiger partial charge in [-0.1, -0.05) is 13.3 Å². The summed E-state index contributed by atoms with van der Waals surface area (Å²) in [7, 11) is 0. The largest absolute Gasteiger partial charge is 0.385 e. The van der Waals surface area contributed by atoms with Gasteiger partial charge in [0.25, 0.3) is 0 Å². The average molecular weight is 178 g/mol. The van der Waals surface area contributed by atoms with Crippen molar-refractivity contribution in [2.24, 2.45) is 0 Å². The van der Waals surface area contributed by atoms with Crippen molar-refractivity contribution in [2.75, 3.05) is 13.2 Å². The Labute approximate surface area is 76.5 Å². The molecule has 0 bridgehead atoms. The molecule has 0 fully saturated rings. The number of hydrogen-bond acceptors (Lipinski definition) is 4. The first-order valence-electron chi connectivity index (χ1n) is 3.24. The molecule has 0 radical (unpaired) electrons. The minimum Gasteiger partial charge on any atom is -0.385 e. The quantitative estimate of drug-likeness (QED) is 0.256. The molecule has 0 aliphatic rings. The Balaban J connectivity index is 0. The van der Waals surface area contributed by atoms with Gasteiger partial charge in [0.1, 0.15) is 6.61 Å². The first-order valence-corrected chi connectivity index (χ1v) is 3.24. The number of hydrogen-bond donors (Lipinski definition) is 1. The van der Waals surface area contributed by atoms with Gasteiger partial charge in [0.15, 0.2) is 17.4 Å². The zero-order valence-electron chi connectivity index (χ0n) is 6.00. The standard InChI is InChI=1S/C6H12O4.Al.3H/c1-2-3-4-9-10-6(8)5-7;;;;/h7H,2-5H2,1H3;;;;. The van der Waals surface area contributed by atoms with Gasteiger partial charge in [-0.3, -0.25) is 4.89 Å². The van der Waals surface area contributed by atoms with E-state index < -0.39 is 12.6 Å². The lowest BCUT2D eigenvalue weighted by Gasteiger charge is -1.99. The number of carbonyl (C=O) groups excluding carboxylic acids is 1. The fourth-order valence-corrected chi connectivity index (χ4v) is 0.337. The average Bonchev–Trinajstić information content (AvgIpc) is 1.98.